The molecule has 0 spiro atoms. The summed E-state index contributed by atoms with van der Waals surface area (Å²) >= 11 is 0. The summed E-state index contributed by atoms with van der Waals surface area (Å²) in [6.45, 7) is 6.90. The Hall–Kier alpha value is -1.05. The molecule has 0 saturated carbocycles. The molecular formula is C11H22N6O. The van der Waals surface area contributed by atoms with Gasteiger partial charge in [-0.3, -0.25) is 4.90 Å². The van der Waals surface area contributed by atoms with Gasteiger partial charge in [-0.25, -0.2) is 4.68 Å². The number of morpholine rings is 1. The lowest BCUT2D eigenvalue weighted by Gasteiger charge is -2.31. The predicted molar refractivity (Wildman–Crippen MR) is 66.8 cm³/mol. The van der Waals surface area contributed by atoms with Crippen LogP contribution in [-0.4, -0.2) is 57.5 Å². The van der Waals surface area contributed by atoms with Crippen molar-refractivity contribution in [3.63, 3.8) is 0 Å². The Morgan fingerprint density at radius 2 is 2.39 bits per heavy atom. The molecule has 1 unspecified atom stereocenters. The number of hydrogen-bond donors (Lipinski definition) is 1. The number of nitrogens with two attached hydrogens (primary N) is 1. The summed E-state index contributed by atoms with van der Waals surface area (Å²) in [7, 11) is 0. The van der Waals surface area contributed by atoms with E-state index in [0.717, 1.165) is 51.5 Å². The van der Waals surface area contributed by atoms with Crippen LogP contribution < -0.4 is 5.73 Å². The largest absolute Gasteiger partial charge is 0.374 e. The van der Waals surface area contributed by atoms with Crippen molar-refractivity contribution < 1.29 is 4.74 Å². The molecule has 1 atom stereocenters. The number of unbranched alkanes of at least 4 members (excludes halogenated alkanes) is 1. The Labute approximate surface area is 107 Å². The Morgan fingerprint density at radius 3 is 3.17 bits per heavy atom. The first-order valence-corrected chi connectivity index (χ1v) is 6.62. The third-order valence-corrected chi connectivity index (χ3v) is 3.18. The smallest absolute Gasteiger partial charge is 0.165 e. The van der Waals surface area contributed by atoms with Gasteiger partial charge in [0.2, 0.25) is 0 Å². The molecule has 7 heteroatoms. The van der Waals surface area contributed by atoms with E-state index in [2.05, 4.69) is 27.3 Å². The molecule has 0 aliphatic carbocycles. The third-order valence-electron chi connectivity index (χ3n) is 3.18. The number of rotatable bonds is 6. The number of nitrogens with zero attached hydrogens (tertiary/aromatic N) is 5. The van der Waals surface area contributed by atoms with Crippen LogP contribution in [0, 0.1) is 0 Å². The number of aryl methyl sites for hydroxylation is 1. The molecule has 0 aromatic carbocycles. The molecule has 102 valence electrons. The van der Waals surface area contributed by atoms with E-state index in [1.807, 2.05) is 4.68 Å². The van der Waals surface area contributed by atoms with Crippen LogP contribution in [0.3, 0.4) is 0 Å². The molecule has 1 saturated heterocycles. The van der Waals surface area contributed by atoms with E-state index in [-0.39, 0.29) is 6.10 Å². The molecule has 0 radical (unpaired) electrons. The lowest BCUT2D eigenvalue weighted by Crippen LogP contribution is -2.45. The molecule has 2 heterocycles. The maximum absolute atomic E-state index is 5.64. The van der Waals surface area contributed by atoms with Crippen molar-refractivity contribution in [3.05, 3.63) is 5.82 Å². The van der Waals surface area contributed by atoms with Gasteiger partial charge in [-0.1, -0.05) is 13.3 Å². The molecule has 1 aliphatic heterocycles. The van der Waals surface area contributed by atoms with E-state index in [9.17, 15) is 0 Å². The van der Waals surface area contributed by atoms with E-state index >= 15 is 0 Å². The van der Waals surface area contributed by atoms with Gasteiger partial charge >= 0.3 is 0 Å². The minimum atomic E-state index is 0.138. The average Bonchev–Trinajstić information content (AvgIpc) is 2.84. The van der Waals surface area contributed by atoms with Gasteiger partial charge in [0.15, 0.2) is 5.82 Å². The fourth-order valence-electron chi connectivity index (χ4n) is 2.08. The van der Waals surface area contributed by atoms with Gasteiger partial charge in [0, 0.05) is 26.2 Å². The van der Waals surface area contributed by atoms with E-state index < -0.39 is 0 Å². The first kappa shape index (κ1) is 13.4. The summed E-state index contributed by atoms with van der Waals surface area (Å²) in [5.74, 6) is 0.932. The Bertz CT molecular complexity index is 355. The maximum Gasteiger partial charge on any atom is 0.165 e. The summed E-state index contributed by atoms with van der Waals surface area (Å²) in [4.78, 5) is 2.30. The predicted octanol–water partition coefficient (Wildman–Crippen LogP) is -0.367. The van der Waals surface area contributed by atoms with Crippen LogP contribution in [0.1, 0.15) is 25.6 Å². The molecule has 1 aromatic rings. The number of hydrogen-bond acceptors (Lipinski definition) is 6. The van der Waals surface area contributed by atoms with Crippen molar-refractivity contribution in [1.29, 1.82) is 0 Å². The van der Waals surface area contributed by atoms with Crippen molar-refractivity contribution in [2.24, 2.45) is 5.73 Å². The van der Waals surface area contributed by atoms with E-state index in [1.165, 1.54) is 0 Å². The zero-order valence-electron chi connectivity index (χ0n) is 11.0. The zero-order valence-corrected chi connectivity index (χ0v) is 11.0. The molecule has 2 rings (SSSR count). The van der Waals surface area contributed by atoms with Crippen LogP contribution >= 0.6 is 0 Å². The van der Waals surface area contributed by atoms with Gasteiger partial charge in [-0.2, -0.15) is 0 Å². The molecule has 1 fully saturated rings. The highest BCUT2D eigenvalue weighted by molar-refractivity contribution is 4.83. The van der Waals surface area contributed by atoms with Gasteiger partial charge in [0.05, 0.1) is 19.3 Å². The molecule has 0 bridgehead atoms. The van der Waals surface area contributed by atoms with Crippen molar-refractivity contribution >= 4 is 0 Å². The summed E-state index contributed by atoms with van der Waals surface area (Å²) in [6, 6.07) is 0. The second-order valence-electron chi connectivity index (χ2n) is 4.64. The highest BCUT2D eigenvalue weighted by Gasteiger charge is 2.21. The topological polar surface area (TPSA) is 82.1 Å². The Morgan fingerprint density at radius 1 is 1.50 bits per heavy atom. The fraction of sp³-hybridized carbons (Fsp3) is 0.909. The van der Waals surface area contributed by atoms with Crippen LogP contribution in [0.4, 0.5) is 0 Å². The molecule has 1 aromatic heterocycles. The van der Waals surface area contributed by atoms with Crippen LogP contribution in [-0.2, 0) is 17.8 Å². The first-order valence-electron chi connectivity index (χ1n) is 6.62. The summed E-state index contributed by atoms with van der Waals surface area (Å²) in [5.41, 5.74) is 5.64. The van der Waals surface area contributed by atoms with Gasteiger partial charge in [0.25, 0.3) is 0 Å². The van der Waals surface area contributed by atoms with Crippen molar-refractivity contribution in [2.75, 3.05) is 26.2 Å². The second kappa shape index (κ2) is 6.77. The summed E-state index contributed by atoms with van der Waals surface area (Å²) in [6.07, 6.45) is 2.39. The molecule has 0 amide bonds. The van der Waals surface area contributed by atoms with Gasteiger partial charge in [0.1, 0.15) is 0 Å². The summed E-state index contributed by atoms with van der Waals surface area (Å²) in [5, 5.41) is 11.9. The molecule has 18 heavy (non-hydrogen) atoms. The van der Waals surface area contributed by atoms with Gasteiger partial charge < -0.3 is 10.5 Å². The lowest BCUT2D eigenvalue weighted by molar-refractivity contribution is -0.0272. The van der Waals surface area contributed by atoms with Crippen LogP contribution in [0.15, 0.2) is 0 Å². The number of aromatic nitrogens is 4. The van der Waals surface area contributed by atoms with Gasteiger partial charge in [-0.05, 0) is 16.8 Å². The summed E-state index contributed by atoms with van der Waals surface area (Å²) < 4.78 is 7.45. The molecule has 1 aliphatic rings. The molecular weight excluding hydrogens is 232 g/mol. The third kappa shape index (κ3) is 3.47. The monoisotopic (exact) mass is 254 g/mol. The van der Waals surface area contributed by atoms with Crippen LogP contribution in [0.5, 0.6) is 0 Å². The normalized spacial score (nSPS) is 21.3. The highest BCUT2D eigenvalue weighted by atomic mass is 16.5. The second-order valence-corrected chi connectivity index (χ2v) is 4.64. The average molecular weight is 254 g/mol. The minimum Gasteiger partial charge on any atom is -0.374 e. The standard InChI is InChI=1S/C11H22N6O/c1-2-3-4-17-11(13-14-15-17)9-16-5-6-18-10(7-12)8-16/h10H,2-9,12H2,1H3. The van der Waals surface area contributed by atoms with Crippen molar-refractivity contribution in [3.8, 4) is 0 Å². The van der Waals surface area contributed by atoms with E-state index in [4.69, 9.17) is 10.5 Å². The maximum atomic E-state index is 5.64. The van der Waals surface area contributed by atoms with E-state index in [1.54, 1.807) is 0 Å². The quantitative estimate of drug-likeness (QED) is 0.746. The van der Waals surface area contributed by atoms with Gasteiger partial charge in [-0.15, -0.1) is 5.10 Å². The lowest BCUT2D eigenvalue weighted by atomic mass is 10.2. The minimum absolute atomic E-state index is 0.138. The Kier molecular flexibility index (Phi) is 5.03. The van der Waals surface area contributed by atoms with Crippen LogP contribution in [0.2, 0.25) is 0 Å². The van der Waals surface area contributed by atoms with Crippen molar-refractivity contribution in [1.82, 2.24) is 25.1 Å². The SMILES string of the molecule is CCCCn1nnnc1CN1CCOC(CN)C1. The first-order chi connectivity index (χ1) is 8.83. The Balaban J connectivity index is 1.90. The number of tetrazole rings is 1. The number of ether oxygens (including phenoxy) is 1. The molecule has 2 N–H and O–H groups in total. The fourth-order valence-corrected chi connectivity index (χ4v) is 2.08. The van der Waals surface area contributed by atoms with Crippen LogP contribution in [0.25, 0.3) is 0 Å². The highest BCUT2D eigenvalue weighted by Crippen LogP contribution is 2.08. The molecule has 7 nitrogen and oxygen atoms in total. The van der Waals surface area contributed by atoms with E-state index in [0.29, 0.717) is 6.54 Å². The zero-order chi connectivity index (χ0) is 12.8. The van der Waals surface area contributed by atoms with Crippen molar-refractivity contribution in [2.45, 2.75) is 39.0 Å².